The molecule has 98 valence electrons. The van der Waals surface area contributed by atoms with E-state index in [1.54, 1.807) is 12.1 Å². The lowest BCUT2D eigenvalue weighted by Crippen LogP contribution is -2.13. The van der Waals surface area contributed by atoms with Crippen molar-refractivity contribution in [1.29, 1.82) is 0 Å². The first-order chi connectivity index (χ1) is 8.95. The SMILES string of the molecule is O=C(Nc1cc(F)cc(F)c1)c1cc(Cl)ccc1I. The molecule has 19 heavy (non-hydrogen) atoms. The first-order valence-electron chi connectivity index (χ1n) is 5.18. The molecule has 0 saturated heterocycles. The number of nitrogens with one attached hydrogen (secondary N) is 1. The van der Waals surface area contributed by atoms with Crippen molar-refractivity contribution in [3.8, 4) is 0 Å². The van der Waals surface area contributed by atoms with Crippen molar-refractivity contribution >= 4 is 45.8 Å². The second kappa shape index (κ2) is 5.83. The molecule has 0 aliphatic carbocycles. The summed E-state index contributed by atoms with van der Waals surface area (Å²) < 4.78 is 26.7. The number of rotatable bonds is 2. The molecule has 2 aromatic carbocycles. The lowest BCUT2D eigenvalue weighted by molar-refractivity contribution is 0.102. The summed E-state index contributed by atoms with van der Waals surface area (Å²) in [4.78, 5) is 12.0. The molecule has 0 radical (unpaired) electrons. The Morgan fingerprint density at radius 2 is 1.74 bits per heavy atom. The Morgan fingerprint density at radius 1 is 1.11 bits per heavy atom. The Kier molecular flexibility index (Phi) is 4.36. The van der Waals surface area contributed by atoms with Gasteiger partial charge in [-0.05, 0) is 52.9 Å². The maximum atomic E-state index is 13.0. The number of hydrogen-bond acceptors (Lipinski definition) is 1. The minimum Gasteiger partial charge on any atom is -0.322 e. The third-order valence-corrected chi connectivity index (χ3v) is 3.47. The Hall–Kier alpha value is -1.21. The van der Waals surface area contributed by atoms with Gasteiger partial charge in [-0.1, -0.05) is 11.6 Å². The van der Waals surface area contributed by atoms with Gasteiger partial charge in [-0.15, -0.1) is 0 Å². The highest BCUT2D eigenvalue weighted by molar-refractivity contribution is 14.1. The Balaban J connectivity index is 2.28. The van der Waals surface area contributed by atoms with E-state index in [1.807, 2.05) is 22.6 Å². The molecule has 0 unspecified atom stereocenters. The van der Waals surface area contributed by atoms with Gasteiger partial charge in [0.25, 0.3) is 5.91 Å². The molecule has 1 N–H and O–H groups in total. The molecule has 0 aromatic heterocycles. The molecule has 0 saturated carbocycles. The zero-order chi connectivity index (χ0) is 14.0. The highest BCUT2D eigenvalue weighted by Gasteiger charge is 2.12. The lowest BCUT2D eigenvalue weighted by atomic mass is 10.2. The number of halogens is 4. The zero-order valence-corrected chi connectivity index (χ0v) is 12.3. The molecule has 2 aromatic rings. The van der Waals surface area contributed by atoms with Crippen molar-refractivity contribution in [2.45, 2.75) is 0 Å². The van der Waals surface area contributed by atoms with Crippen LogP contribution in [-0.2, 0) is 0 Å². The Morgan fingerprint density at radius 3 is 2.37 bits per heavy atom. The van der Waals surface area contributed by atoms with Crippen molar-refractivity contribution in [2.24, 2.45) is 0 Å². The molecule has 2 nitrogen and oxygen atoms in total. The summed E-state index contributed by atoms with van der Waals surface area (Å²) in [6.07, 6.45) is 0. The molecule has 0 atom stereocenters. The van der Waals surface area contributed by atoms with Crippen molar-refractivity contribution < 1.29 is 13.6 Å². The maximum Gasteiger partial charge on any atom is 0.256 e. The van der Waals surface area contributed by atoms with E-state index >= 15 is 0 Å². The second-order valence-electron chi connectivity index (χ2n) is 3.74. The van der Waals surface area contributed by atoms with Gasteiger partial charge in [0, 0.05) is 20.3 Å². The van der Waals surface area contributed by atoms with Crippen LogP contribution in [0.3, 0.4) is 0 Å². The number of anilines is 1. The molecule has 6 heteroatoms. The van der Waals surface area contributed by atoms with Crippen molar-refractivity contribution in [1.82, 2.24) is 0 Å². The minimum absolute atomic E-state index is 0.0540. The molecule has 0 aliphatic rings. The number of hydrogen-bond donors (Lipinski definition) is 1. The molecule has 0 spiro atoms. The van der Waals surface area contributed by atoms with Gasteiger partial charge in [0.15, 0.2) is 0 Å². The molecule has 0 aliphatic heterocycles. The molecule has 0 fully saturated rings. The van der Waals surface area contributed by atoms with Crippen LogP contribution in [0.25, 0.3) is 0 Å². The summed E-state index contributed by atoms with van der Waals surface area (Å²) in [5.74, 6) is -1.98. The predicted molar refractivity (Wildman–Crippen MR) is 78.5 cm³/mol. The number of carbonyl (C=O) groups excluding carboxylic acids is 1. The normalized spacial score (nSPS) is 10.3. The van der Waals surface area contributed by atoms with Crippen molar-refractivity contribution in [3.63, 3.8) is 0 Å². The molecule has 0 heterocycles. The summed E-state index contributed by atoms with van der Waals surface area (Å²) in [6.45, 7) is 0. The van der Waals surface area contributed by atoms with Gasteiger partial charge in [-0.2, -0.15) is 0 Å². The largest absolute Gasteiger partial charge is 0.322 e. The van der Waals surface area contributed by atoms with Crippen LogP contribution in [0.1, 0.15) is 10.4 Å². The maximum absolute atomic E-state index is 13.0. The average Bonchev–Trinajstić information content (AvgIpc) is 2.30. The average molecular weight is 394 g/mol. The standard InChI is InChI=1S/C13H7ClF2INO/c14-7-1-2-12(17)11(3-7)13(19)18-10-5-8(15)4-9(16)6-10/h1-6H,(H,18,19). The highest BCUT2D eigenvalue weighted by atomic mass is 127. The number of carbonyl (C=O) groups is 1. The molecular weight excluding hydrogens is 387 g/mol. The summed E-state index contributed by atoms with van der Waals surface area (Å²) in [7, 11) is 0. The van der Waals surface area contributed by atoms with Crippen LogP contribution < -0.4 is 5.32 Å². The number of amides is 1. The van der Waals surface area contributed by atoms with Crippen LogP contribution in [0.4, 0.5) is 14.5 Å². The number of benzene rings is 2. The van der Waals surface area contributed by atoms with E-state index < -0.39 is 17.5 Å². The summed E-state index contributed by atoms with van der Waals surface area (Å²) in [6, 6.07) is 7.65. The van der Waals surface area contributed by atoms with Crippen molar-refractivity contribution in [2.75, 3.05) is 5.32 Å². The van der Waals surface area contributed by atoms with Gasteiger partial charge in [0.2, 0.25) is 0 Å². The first-order valence-corrected chi connectivity index (χ1v) is 6.64. The Bertz CT molecular complexity index is 628. The van der Waals surface area contributed by atoms with E-state index in [4.69, 9.17) is 11.6 Å². The van der Waals surface area contributed by atoms with Crippen molar-refractivity contribution in [3.05, 3.63) is 62.2 Å². The predicted octanol–water partition coefficient (Wildman–Crippen LogP) is 4.48. The van der Waals surface area contributed by atoms with Crippen LogP contribution >= 0.6 is 34.2 Å². The zero-order valence-electron chi connectivity index (χ0n) is 9.38. The fourth-order valence-electron chi connectivity index (χ4n) is 1.50. The van der Waals surface area contributed by atoms with Crippen LogP contribution in [0.5, 0.6) is 0 Å². The van der Waals surface area contributed by atoms with Gasteiger partial charge < -0.3 is 5.32 Å². The smallest absolute Gasteiger partial charge is 0.256 e. The summed E-state index contributed by atoms with van der Waals surface area (Å²) in [5, 5.41) is 2.84. The monoisotopic (exact) mass is 393 g/mol. The van der Waals surface area contributed by atoms with Crippen LogP contribution in [0.15, 0.2) is 36.4 Å². The van der Waals surface area contributed by atoms with Gasteiger partial charge in [-0.3, -0.25) is 4.79 Å². The lowest BCUT2D eigenvalue weighted by Gasteiger charge is -2.07. The molecule has 1 amide bonds. The van der Waals surface area contributed by atoms with E-state index in [0.717, 1.165) is 18.2 Å². The van der Waals surface area contributed by atoms with Gasteiger partial charge >= 0.3 is 0 Å². The fraction of sp³-hybridized carbons (Fsp3) is 0. The Labute approximate surface area is 126 Å². The van der Waals surface area contributed by atoms with Gasteiger partial charge in [0.1, 0.15) is 11.6 Å². The van der Waals surface area contributed by atoms with Gasteiger partial charge in [-0.25, -0.2) is 8.78 Å². The van der Waals surface area contributed by atoms with E-state index in [-0.39, 0.29) is 5.69 Å². The fourth-order valence-corrected chi connectivity index (χ4v) is 2.25. The van der Waals surface area contributed by atoms with E-state index in [2.05, 4.69) is 5.32 Å². The summed E-state index contributed by atoms with van der Waals surface area (Å²) >= 11 is 7.79. The molecular formula is C13H7ClF2INO. The van der Waals surface area contributed by atoms with E-state index in [0.29, 0.717) is 14.2 Å². The first kappa shape index (κ1) is 14.2. The third kappa shape index (κ3) is 3.63. The van der Waals surface area contributed by atoms with Crippen LogP contribution in [0.2, 0.25) is 5.02 Å². The summed E-state index contributed by atoms with van der Waals surface area (Å²) in [5.41, 5.74) is 0.399. The minimum atomic E-state index is -0.754. The third-order valence-electron chi connectivity index (χ3n) is 2.29. The molecule has 0 bridgehead atoms. The highest BCUT2D eigenvalue weighted by Crippen LogP contribution is 2.20. The van der Waals surface area contributed by atoms with E-state index in [1.165, 1.54) is 6.07 Å². The quantitative estimate of drug-likeness (QED) is 0.749. The van der Waals surface area contributed by atoms with Crippen LogP contribution in [0, 0.1) is 15.2 Å². The topological polar surface area (TPSA) is 29.1 Å². The van der Waals surface area contributed by atoms with E-state index in [9.17, 15) is 13.6 Å². The molecule has 2 rings (SSSR count). The van der Waals surface area contributed by atoms with Crippen LogP contribution in [-0.4, -0.2) is 5.91 Å². The van der Waals surface area contributed by atoms with Gasteiger partial charge in [0.05, 0.1) is 5.56 Å². The second-order valence-corrected chi connectivity index (χ2v) is 5.34.